The fraction of sp³-hybridized carbons (Fsp3) is 0.500. The molecule has 19 heavy (non-hydrogen) atoms. The van der Waals surface area contributed by atoms with Crippen molar-refractivity contribution in [2.45, 2.75) is 45.8 Å². The Kier molecular flexibility index (Phi) is 5.03. The standard InChI is InChI=1S/C14H19NO4/c1-14(2,3)19-13(18)10-15-9-5-4-6-11(15)7-8-12(16)17/h4-6,9H,7-8,10H2,1-3H3. The number of hydrogen-bond acceptors (Lipinski definition) is 4. The van der Waals surface area contributed by atoms with E-state index in [1.165, 1.54) is 0 Å². The lowest BCUT2D eigenvalue weighted by Crippen LogP contribution is -2.44. The zero-order valence-electron chi connectivity index (χ0n) is 11.5. The van der Waals surface area contributed by atoms with Crippen molar-refractivity contribution in [2.24, 2.45) is 0 Å². The maximum absolute atomic E-state index is 11.7. The van der Waals surface area contributed by atoms with Crippen molar-refractivity contribution in [3.05, 3.63) is 30.1 Å². The molecule has 0 spiro atoms. The van der Waals surface area contributed by atoms with Crippen LogP contribution in [0, 0.1) is 0 Å². The average Bonchev–Trinajstić information content (AvgIpc) is 2.25. The molecule has 104 valence electrons. The van der Waals surface area contributed by atoms with Gasteiger partial charge in [-0.3, -0.25) is 0 Å². The van der Waals surface area contributed by atoms with E-state index in [4.69, 9.17) is 4.74 Å². The Labute approximate surface area is 112 Å². The fourth-order valence-corrected chi connectivity index (χ4v) is 1.64. The van der Waals surface area contributed by atoms with Crippen LogP contribution >= 0.6 is 0 Å². The Morgan fingerprint density at radius 3 is 2.58 bits per heavy atom. The van der Waals surface area contributed by atoms with Gasteiger partial charge >= 0.3 is 5.97 Å². The molecule has 0 N–H and O–H groups in total. The van der Waals surface area contributed by atoms with E-state index in [2.05, 4.69) is 0 Å². The summed E-state index contributed by atoms with van der Waals surface area (Å²) in [4.78, 5) is 22.2. The van der Waals surface area contributed by atoms with E-state index in [1.54, 1.807) is 49.7 Å². The summed E-state index contributed by atoms with van der Waals surface area (Å²) in [6, 6.07) is 5.37. The van der Waals surface area contributed by atoms with E-state index in [1.807, 2.05) is 0 Å². The number of hydrogen-bond donors (Lipinski definition) is 0. The largest absolute Gasteiger partial charge is 0.550 e. The summed E-state index contributed by atoms with van der Waals surface area (Å²) in [6.45, 7) is 5.48. The monoisotopic (exact) mass is 265 g/mol. The van der Waals surface area contributed by atoms with Crippen LogP contribution in [0.4, 0.5) is 0 Å². The lowest BCUT2D eigenvalue weighted by atomic mass is 10.2. The highest BCUT2D eigenvalue weighted by Crippen LogP contribution is 2.07. The van der Waals surface area contributed by atoms with Crippen LogP contribution in [-0.2, 0) is 27.3 Å². The molecule has 0 aliphatic heterocycles. The van der Waals surface area contributed by atoms with Crippen molar-refractivity contribution >= 4 is 11.9 Å². The van der Waals surface area contributed by atoms with Crippen LogP contribution in [0.5, 0.6) is 0 Å². The molecule has 0 amide bonds. The third kappa shape index (κ3) is 5.99. The van der Waals surface area contributed by atoms with Gasteiger partial charge in [-0.2, -0.15) is 4.57 Å². The van der Waals surface area contributed by atoms with Gasteiger partial charge in [-0.1, -0.05) is 6.07 Å². The molecule has 0 fully saturated rings. The maximum atomic E-state index is 11.7. The molecule has 1 aromatic rings. The van der Waals surface area contributed by atoms with Crippen LogP contribution in [0.1, 0.15) is 32.9 Å². The summed E-state index contributed by atoms with van der Waals surface area (Å²) in [5, 5.41) is 10.5. The summed E-state index contributed by atoms with van der Waals surface area (Å²) in [6.07, 6.45) is 1.98. The van der Waals surface area contributed by atoms with Crippen molar-refractivity contribution in [3.8, 4) is 0 Å². The van der Waals surface area contributed by atoms with E-state index < -0.39 is 11.6 Å². The summed E-state index contributed by atoms with van der Waals surface area (Å²) in [5.74, 6) is -1.45. The minimum absolute atomic E-state index is 0.0699. The number of carbonyl (C=O) groups excluding carboxylic acids is 2. The molecule has 1 aromatic heterocycles. The molecule has 0 unspecified atom stereocenters. The number of carboxylic acid groups (broad SMARTS) is 1. The van der Waals surface area contributed by atoms with Gasteiger partial charge in [0.25, 0.3) is 0 Å². The predicted molar refractivity (Wildman–Crippen MR) is 65.8 cm³/mol. The number of aryl methyl sites for hydroxylation is 1. The average molecular weight is 265 g/mol. The molecule has 0 saturated carbocycles. The number of ether oxygens (including phenoxy) is 1. The third-order valence-corrected chi connectivity index (χ3v) is 2.34. The van der Waals surface area contributed by atoms with Crippen molar-refractivity contribution in [2.75, 3.05) is 0 Å². The number of nitrogens with zero attached hydrogens (tertiary/aromatic N) is 1. The first-order valence-corrected chi connectivity index (χ1v) is 6.17. The first-order chi connectivity index (χ1) is 8.78. The summed E-state index contributed by atoms with van der Waals surface area (Å²) < 4.78 is 6.93. The Morgan fingerprint density at radius 2 is 2.00 bits per heavy atom. The number of aliphatic carboxylic acids is 1. The maximum Gasteiger partial charge on any atom is 0.373 e. The van der Waals surface area contributed by atoms with Crippen LogP contribution in [0.15, 0.2) is 24.4 Å². The number of aromatic nitrogens is 1. The van der Waals surface area contributed by atoms with Crippen LogP contribution in [0.3, 0.4) is 0 Å². The van der Waals surface area contributed by atoms with Crippen molar-refractivity contribution < 1.29 is 24.0 Å². The molecule has 0 bridgehead atoms. The predicted octanol–water partition coefficient (Wildman–Crippen LogP) is -0.00170. The molecule has 1 rings (SSSR count). The highest BCUT2D eigenvalue weighted by Gasteiger charge is 2.21. The lowest BCUT2D eigenvalue weighted by molar-refractivity contribution is -0.693. The van der Waals surface area contributed by atoms with Gasteiger partial charge in [-0.15, -0.1) is 0 Å². The minimum atomic E-state index is -1.10. The molecule has 5 nitrogen and oxygen atoms in total. The lowest BCUT2D eigenvalue weighted by Gasteiger charge is -2.18. The van der Waals surface area contributed by atoms with E-state index in [0.717, 1.165) is 5.69 Å². The Hall–Kier alpha value is -1.91. The van der Waals surface area contributed by atoms with E-state index >= 15 is 0 Å². The normalized spacial score (nSPS) is 11.1. The van der Waals surface area contributed by atoms with E-state index in [0.29, 0.717) is 6.42 Å². The zero-order valence-corrected chi connectivity index (χ0v) is 11.5. The van der Waals surface area contributed by atoms with Gasteiger partial charge in [0.1, 0.15) is 5.60 Å². The zero-order chi connectivity index (χ0) is 14.5. The molecule has 0 atom stereocenters. The van der Waals surface area contributed by atoms with Gasteiger partial charge in [0.2, 0.25) is 6.54 Å². The quantitative estimate of drug-likeness (QED) is 0.555. The Bertz CT molecular complexity index is 463. The van der Waals surface area contributed by atoms with E-state index in [-0.39, 0.29) is 18.9 Å². The SMILES string of the molecule is CC(C)(C)OC(=O)C[n+]1ccccc1CCC(=O)[O-]. The van der Waals surface area contributed by atoms with Crippen molar-refractivity contribution in [3.63, 3.8) is 0 Å². The first kappa shape index (κ1) is 15.1. The fourth-order valence-electron chi connectivity index (χ4n) is 1.64. The first-order valence-electron chi connectivity index (χ1n) is 6.17. The highest BCUT2D eigenvalue weighted by molar-refractivity contribution is 5.68. The number of carbonyl (C=O) groups is 2. The van der Waals surface area contributed by atoms with Gasteiger partial charge in [0.05, 0.1) is 0 Å². The third-order valence-electron chi connectivity index (χ3n) is 2.34. The molecular formula is C14H19NO4. The molecule has 0 aliphatic carbocycles. The number of pyridine rings is 1. The van der Waals surface area contributed by atoms with Gasteiger partial charge in [-0.25, -0.2) is 4.79 Å². The van der Waals surface area contributed by atoms with Crippen molar-refractivity contribution in [1.82, 2.24) is 0 Å². The van der Waals surface area contributed by atoms with Gasteiger partial charge in [0.15, 0.2) is 11.9 Å². The molecule has 5 heteroatoms. The smallest absolute Gasteiger partial charge is 0.373 e. The van der Waals surface area contributed by atoms with Gasteiger partial charge in [-0.05, 0) is 27.2 Å². The Balaban J connectivity index is 2.72. The highest BCUT2D eigenvalue weighted by atomic mass is 16.6. The van der Waals surface area contributed by atoms with Gasteiger partial charge in [0, 0.05) is 24.5 Å². The summed E-state index contributed by atoms with van der Waals surface area (Å²) in [7, 11) is 0. The molecule has 0 radical (unpaired) electrons. The Morgan fingerprint density at radius 1 is 1.32 bits per heavy atom. The van der Waals surface area contributed by atoms with Gasteiger partial charge < -0.3 is 14.6 Å². The summed E-state index contributed by atoms with van der Waals surface area (Å²) >= 11 is 0. The second-order valence-corrected chi connectivity index (χ2v) is 5.28. The van der Waals surface area contributed by atoms with Crippen molar-refractivity contribution in [1.29, 1.82) is 0 Å². The second kappa shape index (κ2) is 6.31. The van der Waals surface area contributed by atoms with Crippen LogP contribution < -0.4 is 9.67 Å². The number of rotatable bonds is 5. The van der Waals surface area contributed by atoms with Crippen LogP contribution in [-0.4, -0.2) is 17.5 Å². The van der Waals surface area contributed by atoms with E-state index in [9.17, 15) is 14.7 Å². The topological polar surface area (TPSA) is 70.3 Å². The molecule has 1 heterocycles. The second-order valence-electron chi connectivity index (χ2n) is 5.28. The summed E-state index contributed by atoms with van der Waals surface area (Å²) in [5.41, 5.74) is 0.231. The molecule has 0 saturated heterocycles. The molecule has 0 aliphatic rings. The van der Waals surface area contributed by atoms with Crippen LogP contribution in [0.2, 0.25) is 0 Å². The number of carboxylic acids is 1. The molecule has 0 aromatic carbocycles. The van der Waals surface area contributed by atoms with Crippen LogP contribution in [0.25, 0.3) is 0 Å². The molecular weight excluding hydrogens is 246 g/mol. The number of esters is 1. The minimum Gasteiger partial charge on any atom is -0.550 e.